The van der Waals surface area contributed by atoms with Gasteiger partial charge >= 0.3 is 11.7 Å². The van der Waals surface area contributed by atoms with Gasteiger partial charge in [0.05, 0.1) is 10.8 Å². The Morgan fingerprint density at radius 1 is 1.60 bits per heavy atom. The molecule has 1 atom stereocenters. The van der Waals surface area contributed by atoms with Gasteiger partial charge in [-0.15, -0.1) is 11.8 Å². The second-order valence-corrected chi connectivity index (χ2v) is 5.24. The molecule has 0 unspecified atom stereocenters. The number of amides is 1. The zero-order valence-electron chi connectivity index (χ0n) is 9.85. The number of aromatic nitrogens is 1. The van der Waals surface area contributed by atoms with Gasteiger partial charge in [0.15, 0.2) is 0 Å². The Morgan fingerprint density at radius 2 is 2.30 bits per heavy atom. The van der Waals surface area contributed by atoms with Crippen molar-refractivity contribution < 1.29 is 19.6 Å². The molecular formula is C10H8ClN3O5S. The van der Waals surface area contributed by atoms with Crippen molar-refractivity contribution in [1.29, 1.82) is 0 Å². The number of aliphatic carboxylic acids is 1. The Morgan fingerprint density at radius 3 is 2.90 bits per heavy atom. The molecule has 0 bridgehead atoms. The molecule has 1 aromatic rings. The summed E-state index contributed by atoms with van der Waals surface area (Å²) < 4.78 is 0. The second-order valence-electron chi connectivity index (χ2n) is 3.88. The number of pyridine rings is 1. The summed E-state index contributed by atoms with van der Waals surface area (Å²) in [6, 6.07) is 0.160. The molecule has 1 amide bonds. The van der Waals surface area contributed by atoms with E-state index < -0.39 is 33.7 Å². The lowest BCUT2D eigenvalue weighted by Crippen LogP contribution is -2.42. The molecule has 1 aromatic heterocycles. The Balaban J connectivity index is 2.42. The Labute approximate surface area is 121 Å². The van der Waals surface area contributed by atoms with Crippen LogP contribution in [0.1, 0.15) is 10.4 Å². The normalized spacial score (nSPS) is 18.1. The Kier molecular flexibility index (Phi) is 4.09. The fraction of sp³-hybridized carbons (Fsp3) is 0.300. The maximum atomic E-state index is 12.3. The SMILES string of the molecule is O=C(O)[C@@H]1CSCN1C(=O)c1ccnc(Cl)c1[N+](=O)[O-]. The van der Waals surface area contributed by atoms with Gasteiger partial charge in [-0.3, -0.25) is 14.9 Å². The number of hydrogen-bond acceptors (Lipinski definition) is 6. The van der Waals surface area contributed by atoms with E-state index in [9.17, 15) is 19.7 Å². The fourth-order valence-corrected chi connectivity index (χ4v) is 3.15. The van der Waals surface area contributed by atoms with Crippen molar-refractivity contribution in [3.05, 3.63) is 33.1 Å². The first-order valence-corrected chi connectivity index (χ1v) is 6.87. The van der Waals surface area contributed by atoms with Crippen molar-refractivity contribution in [3.8, 4) is 0 Å². The highest BCUT2D eigenvalue weighted by Gasteiger charge is 2.38. The van der Waals surface area contributed by atoms with Crippen molar-refractivity contribution in [1.82, 2.24) is 9.88 Å². The van der Waals surface area contributed by atoms with Crippen LogP contribution in [0, 0.1) is 10.1 Å². The number of carboxylic acid groups (broad SMARTS) is 1. The molecule has 8 nitrogen and oxygen atoms in total. The Bertz CT molecular complexity index is 596. The van der Waals surface area contributed by atoms with Crippen LogP contribution in [-0.2, 0) is 4.79 Å². The van der Waals surface area contributed by atoms with Gasteiger partial charge in [-0.1, -0.05) is 11.6 Å². The van der Waals surface area contributed by atoms with E-state index in [-0.39, 0.29) is 17.2 Å². The maximum Gasteiger partial charge on any atom is 0.327 e. The zero-order valence-corrected chi connectivity index (χ0v) is 11.4. The van der Waals surface area contributed by atoms with E-state index in [1.807, 2.05) is 0 Å². The molecule has 2 rings (SSSR count). The first kappa shape index (κ1) is 14.5. The van der Waals surface area contributed by atoms with E-state index in [1.165, 1.54) is 18.0 Å². The fourth-order valence-electron chi connectivity index (χ4n) is 1.78. The van der Waals surface area contributed by atoms with Crippen LogP contribution in [-0.4, -0.2) is 49.5 Å². The number of nitro groups is 1. The molecule has 1 fully saturated rings. The molecule has 0 spiro atoms. The number of carbonyl (C=O) groups is 2. The van der Waals surface area contributed by atoms with Gasteiger partial charge in [0.1, 0.15) is 11.6 Å². The quantitative estimate of drug-likeness (QED) is 0.507. The maximum absolute atomic E-state index is 12.3. The summed E-state index contributed by atoms with van der Waals surface area (Å²) in [4.78, 5) is 38.1. The Hall–Kier alpha value is -1.87. The van der Waals surface area contributed by atoms with E-state index in [0.717, 1.165) is 11.0 Å². The van der Waals surface area contributed by atoms with Gasteiger partial charge in [-0.25, -0.2) is 9.78 Å². The predicted octanol–water partition coefficient (Wildman–Crippen LogP) is 1.24. The van der Waals surface area contributed by atoms with Gasteiger partial charge in [0.2, 0.25) is 5.15 Å². The zero-order chi connectivity index (χ0) is 14.9. The van der Waals surface area contributed by atoms with Crippen LogP contribution in [0.3, 0.4) is 0 Å². The van der Waals surface area contributed by atoms with Crippen LogP contribution in [0.4, 0.5) is 5.69 Å². The van der Waals surface area contributed by atoms with Crippen molar-refractivity contribution in [3.63, 3.8) is 0 Å². The molecule has 20 heavy (non-hydrogen) atoms. The first-order valence-electron chi connectivity index (χ1n) is 5.34. The standard InChI is InChI=1S/C10H8ClN3O5S/c11-8-7(14(18)19)5(1-2-12-8)9(15)13-4-20-3-6(13)10(16)17/h1-2,6H,3-4H2,(H,16,17)/t6-/m0/s1. The minimum absolute atomic E-state index is 0.160. The summed E-state index contributed by atoms with van der Waals surface area (Å²) in [5.41, 5.74) is -0.871. The molecule has 1 aliphatic heterocycles. The first-order chi connectivity index (χ1) is 9.43. The summed E-state index contributed by atoms with van der Waals surface area (Å²) in [7, 11) is 0. The monoisotopic (exact) mass is 317 g/mol. The largest absolute Gasteiger partial charge is 0.480 e. The minimum Gasteiger partial charge on any atom is -0.480 e. The molecule has 10 heteroatoms. The summed E-state index contributed by atoms with van der Waals surface area (Å²) >= 11 is 6.89. The third kappa shape index (κ3) is 2.54. The molecule has 1 aliphatic rings. The molecule has 0 radical (unpaired) electrons. The molecular weight excluding hydrogens is 310 g/mol. The van der Waals surface area contributed by atoms with Crippen LogP contribution < -0.4 is 0 Å². The molecule has 0 saturated carbocycles. The highest BCUT2D eigenvalue weighted by molar-refractivity contribution is 7.99. The van der Waals surface area contributed by atoms with Crippen molar-refractivity contribution in [2.24, 2.45) is 0 Å². The van der Waals surface area contributed by atoms with Gasteiger partial charge in [-0.05, 0) is 6.07 Å². The second kappa shape index (κ2) is 5.63. The van der Waals surface area contributed by atoms with E-state index >= 15 is 0 Å². The van der Waals surface area contributed by atoms with Crippen LogP contribution in [0.15, 0.2) is 12.3 Å². The smallest absolute Gasteiger partial charge is 0.327 e. The predicted molar refractivity (Wildman–Crippen MR) is 70.8 cm³/mol. The summed E-state index contributed by atoms with van der Waals surface area (Å²) in [5, 5.41) is 19.6. The number of halogens is 1. The van der Waals surface area contributed by atoms with E-state index in [2.05, 4.69) is 4.98 Å². The summed E-state index contributed by atoms with van der Waals surface area (Å²) in [6.45, 7) is 0. The van der Waals surface area contributed by atoms with Crippen LogP contribution in [0.2, 0.25) is 5.15 Å². The van der Waals surface area contributed by atoms with E-state index in [1.54, 1.807) is 0 Å². The molecule has 1 N–H and O–H groups in total. The van der Waals surface area contributed by atoms with E-state index in [0.29, 0.717) is 0 Å². The number of rotatable bonds is 3. The summed E-state index contributed by atoms with van der Waals surface area (Å²) in [6.07, 6.45) is 1.17. The highest BCUT2D eigenvalue weighted by Crippen LogP contribution is 2.30. The van der Waals surface area contributed by atoms with Crippen LogP contribution >= 0.6 is 23.4 Å². The highest BCUT2D eigenvalue weighted by atomic mass is 35.5. The van der Waals surface area contributed by atoms with Crippen molar-refractivity contribution in [2.45, 2.75) is 6.04 Å². The molecule has 0 aliphatic carbocycles. The van der Waals surface area contributed by atoms with Crippen LogP contribution in [0.5, 0.6) is 0 Å². The van der Waals surface area contributed by atoms with Gasteiger partial charge < -0.3 is 10.0 Å². The van der Waals surface area contributed by atoms with Gasteiger partial charge in [0, 0.05) is 11.9 Å². The number of carbonyl (C=O) groups excluding carboxylic acids is 1. The van der Waals surface area contributed by atoms with Gasteiger partial charge in [-0.2, -0.15) is 0 Å². The molecule has 106 valence electrons. The number of hydrogen-bond donors (Lipinski definition) is 1. The van der Waals surface area contributed by atoms with Crippen molar-refractivity contribution in [2.75, 3.05) is 11.6 Å². The van der Waals surface area contributed by atoms with Crippen molar-refractivity contribution >= 4 is 40.9 Å². The van der Waals surface area contributed by atoms with Gasteiger partial charge in [0.25, 0.3) is 5.91 Å². The molecule has 1 saturated heterocycles. The number of carboxylic acids is 1. The number of thioether (sulfide) groups is 1. The third-order valence-corrected chi connectivity index (χ3v) is 4.01. The molecule has 2 heterocycles. The number of nitrogens with zero attached hydrogens (tertiary/aromatic N) is 3. The lowest BCUT2D eigenvalue weighted by molar-refractivity contribution is -0.385. The molecule has 0 aromatic carbocycles. The topological polar surface area (TPSA) is 114 Å². The lowest BCUT2D eigenvalue weighted by atomic mass is 10.2. The third-order valence-electron chi connectivity index (χ3n) is 2.72. The minimum atomic E-state index is -1.15. The van der Waals surface area contributed by atoms with Crippen LogP contribution in [0.25, 0.3) is 0 Å². The average molecular weight is 318 g/mol. The lowest BCUT2D eigenvalue weighted by Gasteiger charge is -2.20. The summed E-state index contributed by atoms with van der Waals surface area (Å²) in [5.74, 6) is -1.48. The average Bonchev–Trinajstić information content (AvgIpc) is 2.86. The van der Waals surface area contributed by atoms with E-state index in [4.69, 9.17) is 16.7 Å².